The van der Waals surface area contributed by atoms with Gasteiger partial charge in [-0.15, -0.1) is 0 Å². The molecule has 6 heteroatoms. The second-order valence-corrected chi connectivity index (χ2v) is 5.89. The first kappa shape index (κ1) is 14.8. The van der Waals surface area contributed by atoms with E-state index in [9.17, 15) is 9.18 Å². The van der Waals surface area contributed by atoms with E-state index in [-0.39, 0.29) is 17.0 Å². The molecule has 1 heterocycles. The molecule has 21 heavy (non-hydrogen) atoms. The fourth-order valence-electron chi connectivity index (χ4n) is 2.92. The van der Waals surface area contributed by atoms with Crippen molar-refractivity contribution in [3.8, 4) is 0 Å². The van der Waals surface area contributed by atoms with E-state index >= 15 is 0 Å². The van der Waals surface area contributed by atoms with Crippen LogP contribution in [0, 0.1) is 5.82 Å². The number of amides is 1. The summed E-state index contributed by atoms with van der Waals surface area (Å²) >= 11 is 5.90. The average molecular weight is 314 g/mol. The molecule has 4 nitrogen and oxygen atoms in total. The summed E-state index contributed by atoms with van der Waals surface area (Å²) in [4.78, 5) is 12.2. The van der Waals surface area contributed by atoms with Gasteiger partial charge in [-0.1, -0.05) is 11.6 Å². The highest BCUT2D eigenvalue weighted by molar-refractivity contribution is 6.33. The highest BCUT2D eigenvalue weighted by Crippen LogP contribution is 2.35. The number of hydrogen-bond donors (Lipinski definition) is 1. The van der Waals surface area contributed by atoms with Gasteiger partial charge in [0.25, 0.3) is 5.91 Å². The molecule has 1 N–H and O–H groups in total. The van der Waals surface area contributed by atoms with Crippen LogP contribution in [0.4, 0.5) is 4.39 Å². The van der Waals surface area contributed by atoms with E-state index in [0.29, 0.717) is 18.8 Å². The molecule has 1 aliphatic carbocycles. The van der Waals surface area contributed by atoms with Gasteiger partial charge in [0, 0.05) is 18.9 Å². The number of nitrogens with one attached hydrogen (secondary N) is 1. The van der Waals surface area contributed by atoms with Crippen molar-refractivity contribution in [1.29, 1.82) is 0 Å². The Morgan fingerprint density at radius 1 is 1.29 bits per heavy atom. The quantitative estimate of drug-likeness (QED) is 0.913. The summed E-state index contributed by atoms with van der Waals surface area (Å²) in [5.74, 6) is -1.16. The molecule has 1 saturated carbocycles. The summed E-state index contributed by atoms with van der Waals surface area (Å²) in [6.07, 6.45) is 3.14. The van der Waals surface area contributed by atoms with Crippen LogP contribution in [0.15, 0.2) is 18.2 Å². The van der Waals surface area contributed by atoms with Gasteiger partial charge in [0.1, 0.15) is 5.82 Å². The van der Waals surface area contributed by atoms with Crippen LogP contribution in [0.3, 0.4) is 0 Å². The van der Waals surface area contributed by atoms with Crippen LogP contribution in [0.1, 0.15) is 36.0 Å². The van der Waals surface area contributed by atoms with Crippen LogP contribution in [0.2, 0.25) is 5.02 Å². The average Bonchev–Trinajstić information content (AvgIpc) is 2.90. The monoisotopic (exact) mass is 313 g/mol. The molecule has 0 radical (unpaired) electrons. The minimum absolute atomic E-state index is 0.0667. The van der Waals surface area contributed by atoms with Gasteiger partial charge in [0.05, 0.1) is 23.8 Å². The van der Waals surface area contributed by atoms with E-state index in [0.717, 1.165) is 31.7 Å². The fourth-order valence-corrected chi connectivity index (χ4v) is 3.18. The van der Waals surface area contributed by atoms with E-state index < -0.39 is 11.6 Å². The van der Waals surface area contributed by atoms with Crippen LogP contribution >= 0.6 is 11.6 Å². The molecule has 1 aliphatic heterocycles. The van der Waals surface area contributed by atoms with Crippen LogP contribution in [0.5, 0.6) is 0 Å². The van der Waals surface area contributed by atoms with Gasteiger partial charge < -0.3 is 14.8 Å². The normalized spacial score (nSPS) is 21.6. The minimum Gasteiger partial charge on any atom is -0.349 e. The Balaban J connectivity index is 1.58. The Hall–Kier alpha value is -1.17. The second-order valence-electron chi connectivity index (χ2n) is 5.48. The molecule has 1 aromatic rings. The maximum absolute atomic E-state index is 13.0. The van der Waals surface area contributed by atoms with Crippen molar-refractivity contribution in [3.63, 3.8) is 0 Å². The highest BCUT2D eigenvalue weighted by atomic mass is 35.5. The molecule has 0 atom stereocenters. The number of ether oxygens (including phenoxy) is 2. The number of carbonyl (C=O) groups is 1. The summed E-state index contributed by atoms with van der Waals surface area (Å²) < 4.78 is 24.3. The van der Waals surface area contributed by atoms with Crippen molar-refractivity contribution >= 4 is 17.5 Å². The molecule has 3 rings (SSSR count). The van der Waals surface area contributed by atoms with E-state index in [1.165, 1.54) is 12.1 Å². The molecule has 2 fully saturated rings. The van der Waals surface area contributed by atoms with Crippen molar-refractivity contribution in [3.05, 3.63) is 34.6 Å². The minimum atomic E-state index is -0.452. The second kappa shape index (κ2) is 5.91. The van der Waals surface area contributed by atoms with Crippen LogP contribution in [-0.4, -0.2) is 30.9 Å². The Kier molecular flexibility index (Phi) is 4.15. The number of rotatable bonds is 2. The summed E-state index contributed by atoms with van der Waals surface area (Å²) in [5.41, 5.74) is 0.298. The third kappa shape index (κ3) is 3.20. The Morgan fingerprint density at radius 3 is 2.57 bits per heavy atom. The molecule has 1 saturated heterocycles. The molecule has 1 spiro atoms. The predicted molar refractivity (Wildman–Crippen MR) is 75.8 cm³/mol. The van der Waals surface area contributed by atoms with Crippen molar-refractivity contribution < 1.29 is 18.7 Å². The molecule has 2 aliphatic rings. The van der Waals surface area contributed by atoms with Crippen molar-refractivity contribution in [2.24, 2.45) is 0 Å². The summed E-state index contributed by atoms with van der Waals surface area (Å²) in [5, 5.41) is 3.07. The van der Waals surface area contributed by atoms with Gasteiger partial charge in [0.2, 0.25) is 0 Å². The van der Waals surface area contributed by atoms with E-state index in [1.54, 1.807) is 0 Å². The van der Waals surface area contributed by atoms with E-state index in [2.05, 4.69) is 5.32 Å². The summed E-state index contributed by atoms with van der Waals surface area (Å²) in [7, 11) is 0. The number of carbonyl (C=O) groups excluding carboxylic acids is 1. The molecular formula is C15H17ClFNO3. The van der Waals surface area contributed by atoms with Gasteiger partial charge in [-0.25, -0.2) is 4.39 Å². The van der Waals surface area contributed by atoms with E-state index in [1.807, 2.05) is 0 Å². The third-order valence-corrected chi connectivity index (χ3v) is 4.38. The fraction of sp³-hybridized carbons (Fsp3) is 0.533. The van der Waals surface area contributed by atoms with Gasteiger partial charge >= 0.3 is 0 Å². The maximum Gasteiger partial charge on any atom is 0.253 e. The van der Waals surface area contributed by atoms with Crippen molar-refractivity contribution in [1.82, 2.24) is 5.32 Å². The van der Waals surface area contributed by atoms with Crippen LogP contribution in [0.25, 0.3) is 0 Å². The molecule has 0 bridgehead atoms. The first-order valence-electron chi connectivity index (χ1n) is 7.12. The lowest BCUT2D eigenvalue weighted by atomic mass is 9.90. The zero-order chi connectivity index (χ0) is 14.9. The molecule has 0 unspecified atom stereocenters. The van der Waals surface area contributed by atoms with Gasteiger partial charge in [0.15, 0.2) is 5.79 Å². The van der Waals surface area contributed by atoms with Crippen LogP contribution < -0.4 is 5.32 Å². The lowest BCUT2D eigenvalue weighted by Gasteiger charge is -2.35. The largest absolute Gasteiger partial charge is 0.349 e. The number of halogens is 2. The van der Waals surface area contributed by atoms with Crippen LogP contribution in [-0.2, 0) is 9.47 Å². The molecule has 1 amide bonds. The highest BCUT2D eigenvalue weighted by Gasteiger charge is 2.40. The zero-order valence-electron chi connectivity index (χ0n) is 11.5. The van der Waals surface area contributed by atoms with Crippen molar-refractivity contribution in [2.45, 2.75) is 37.5 Å². The topological polar surface area (TPSA) is 47.6 Å². The number of benzene rings is 1. The Morgan fingerprint density at radius 2 is 1.95 bits per heavy atom. The Bertz CT molecular complexity index is 536. The van der Waals surface area contributed by atoms with Crippen molar-refractivity contribution in [2.75, 3.05) is 13.2 Å². The SMILES string of the molecule is O=C(NC1CCC2(CC1)OCCO2)c1ccc(F)cc1Cl. The zero-order valence-corrected chi connectivity index (χ0v) is 12.3. The summed E-state index contributed by atoms with van der Waals surface area (Å²) in [6, 6.07) is 3.85. The maximum atomic E-state index is 13.0. The lowest BCUT2D eigenvalue weighted by molar-refractivity contribution is -0.179. The van der Waals surface area contributed by atoms with E-state index in [4.69, 9.17) is 21.1 Å². The molecule has 114 valence electrons. The van der Waals surface area contributed by atoms with Gasteiger partial charge in [-0.2, -0.15) is 0 Å². The smallest absolute Gasteiger partial charge is 0.253 e. The molecule has 1 aromatic carbocycles. The first-order valence-corrected chi connectivity index (χ1v) is 7.50. The number of hydrogen-bond acceptors (Lipinski definition) is 3. The van der Waals surface area contributed by atoms with Gasteiger partial charge in [-0.05, 0) is 31.0 Å². The standard InChI is InChI=1S/C15H17ClFNO3/c16-13-9-10(17)1-2-12(13)14(19)18-11-3-5-15(6-4-11)20-7-8-21-15/h1-2,9,11H,3-8H2,(H,18,19). The first-order chi connectivity index (χ1) is 10.1. The predicted octanol–water partition coefficient (Wildman–Crippen LogP) is 2.89. The van der Waals surface area contributed by atoms with Gasteiger partial charge in [-0.3, -0.25) is 4.79 Å². The molecule has 0 aromatic heterocycles. The third-order valence-electron chi connectivity index (χ3n) is 4.07. The Labute approximate surface area is 127 Å². The summed E-state index contributed by atoms with van der Waals surface area (Å²) in [6.45, 7) is 1.28. The molecular weight excluding hydrogens is 297 g/mol. The lowest BCUT2D eigenvalue weighted by Crippen LogP contribution is -2.44.